The Morgan fingerprint density at radius 1 is 1.15 bits per heavy atom. The van der Waals surface area contributed by atoms with Crippen molar-refractivity contribution in [3.05, 3.63) is 35.9 Å². The second kappa shape index (κ2) is 5.57. The van der Waals surface area contributed by atoms with Gasteiger partial charge in [0.2, 0.25) is 5.78 Å². The highest BCUT2D eigenvalue weighted by Crippen LogP contribution is 2.31. The molecule has 20 heavy (non-hydrogen) atoms. The van der Waals surface area contributed by atoms with E-state index < -0.39 is 42.6 Å². The molecule has 2 rings (SSSR count). The Balaban J connectivity index is 2.34. The average Bonchev–Trinajstić information content (AvgIpc) is 2.49. The van der Waals surface area contributed by atoms with Gasteiger partial charge in [-0.25, -0.2) is 0 Å². The number of hydrogen-bond acceptors (Lipinski definition) is 7. The summed E-state index contributed by atoms with van der Waals surface area (Å²) in [5.74, 6) is -3.69. The normalized spacial score (nSPS) is 37.6. The van der Waals surface area contributed by atoms with Crippen molar-refractivity contribution < 1.29 is 35.1 Å². The summed E-state index contributed by atoms with van der Waals surface area (Å²) in [7, 11) is 0. The van der Waals surface area contributed by atoms with Gasteiger partial charge in [-0.05, 0) is 0 Å². The molecular formula is C13H16O7. The van der Waals surface area contributed by atoms with Crippen LogP contribution in [-0.2, 0) is 4.74 Å². The Labute approximate surface area is 114 Å². The molecule has 1 aromatic rings. The minimum Gasteiger partial charge on any atom is -0.394 e. The molecule has 0 aliphatic carbocycles. The Kier molecular flexibility index (Phi) is 4.19. The highest BCUT2D eigenvalue weighted by Gasteiger charge is 2.57. The largest absolute Gasteiger partial charge is 0.394 e. The lowest BCUT2D eigenvalue weighted by atomic mass is 9.88. The molecule has 7 nitrogen and oxygen atoms in total. The van der Waals surface area contributed by atoms with E-state index in [9.17, 15) is 25.2 Å². The highest BCUT2D eigenvalue weighted by atomic mass is 16.7. The topological polar surface area (TPSA) is 127 Å². The summed E-state index contributed by atoms with van der Waals surface area (Å²) in [5.41, 5.74) is 0.0642. The van der Waals surface area contributed by atoms with E-state index in [1.807, 2.05) is 0 Å². The van der Waals surface area contributed by atoms with Crippen LogP contribution in [0.1, 0.15) is 10.4 Å². The van der Waals surface area contributed by atoms with E-state index in [-0.39, 0.29) is 5.56 Å². The maximum absolute atomic E-state index is 12.2. The van der Waals surface area contributed by atoms with Gasteiger partial charge < -0.3 is 30.3 Å². The lowest BCUT2D eigenvalue weighted by molar-refractivity contribution is -0.322. The molecule has 0 unspecified atom stereocenters. The van der Waals surface area contributed by atoms with Crippen molar-refractivity contribution in [3.8, 4) is 0 Å². The van der Waals surface area contributed by atoms with Crippen LogP contribution in [-0.4, -0.2) is 68.1 Å². The number of ether oxygens (including phenoxy) is 1. The number of ketones is 1. The van der Waals surface area contributed by atoms with Crippen LogP contribution in [0, 0.1) is 0 Å². The predicted molar refractivity (Wildman–Crippen MR) is 65.7 cm³/mol. The van der Waals surface area contributed by atoms with Crippen LogP contribution in [0.2, 0.25) is 0 Å². The monoisotopic (exact) mass is 284 g/mol. The maximum atomic E-state index is 12.2. The molecule has 110 valence electrons. The third-order valence-corrected chi connectivity index (χ3v) is 3.33. The second-order valence-corrected chi connectivity index (χ2v) is 4.66. The van der Waals surface area contributed by atoms with Crippen LogP contribution >= 0.6 is 0 Å². The summed E-state index contributed by atoms with van der Waals surface area (Å²) in [6.45, 7) is -0.727. The van der Waals surface area contributed by atoms with Gasteiger partial charge in [-0.1, -0.05) is 30.3 Å². The summed E-state index contributed by atoms with van der Waals surface area (Å²) in [4.78, 5) is 12.2. The molecule has 0 bridgehead atoms. The number of Topliss-reactive ketones (excluding diaryl/α,β-unsaturated/α-hetero) is 1. The number of hydrogen-bond donors (Lipinski definition) is 5. The summed E-state index contributed by atoms with van der Waals surface area (Å²) in [6, 6.07) is 7.58. The molecule has 7 heteroatoms. The molecule has 1 aromatic carbocycles. The van der Waals surface area contributed by atoms with E-state index >= 15 is 0 Å². The van der Waals surface area contributed by atoms with Crippen molar-refractivity contribution in [1.29, 1.82) is 0 Å². The standard InChI is InChI=1S/C13H16O7/c14-6-8-9(15)10(16)12(18)13(19,20-8)11(17)7-4-2-1-3-5-7/h1-5,8-10,12,14-16,18-19H,6H2/t8-,9+,10+,12-,13+/m1/s1. The van der Waals surface area contributed by atoms with Gasteiger partial charge in [0.05, 0.1) is 6.61 Å². The Morgan fingerprint density at radius 3 is 2.30 bits per heavy atom. The zero-order valence-corrected chi connectivity index (χ0v) is 10.5. The minimum atomic E-state index is -2.73. The lowest BCUT2D eigenvalue weighted by Gasteiger charge is -2.44. The third-order valence-electron chi connectivity index (χ3n) is 3.33. The van der Waals surface area contributed by atoms with Crippen molar-refractivity contribution in [1.82, 2.24) is 0 Å². The smallest absolute Gasteiger partial charge is 0.261 e. The van der Waals surface area contributed by atoms with E-state index in [2.05, 4.69) is 0 Å². The third kappa shape index (κ3) is 2.35. The molecular weight excluding hydrogens is 268 g/mol. The molecule has 1 fully saturated rings. The molecule has 0 aromatic heterocycles. The molecule has 0 amide bonds. The zero-order valence-electron chi connectivity index (χ0n) is 10.5. The maximum Gasteiger partial charge on any atom is 0.261 e. The summed E-state index contributed by atoms with van der Waals surface area (Å²) in [6.07, 6.45) is -6.85. The fourth-order valence-electron chi connectivity index (χ4n) is 2.14. The van der Waals surface area contributed by atoms with E-state index in [0.717, 1.165) is 0 Å². The van der Waals surface area contributed by atoms with Gasteiger partial charge in [-0.3, -0.25) is 4.79 Å². The fraction of sp³-hybridized carbons (Fsp3) is 0.462. The van der Waals surface area contributed by atoms with Crippen LogP contribution in [0.3, 0.4) is 0 Å². The van der Waals surface area contributed by atoms with Crippen LogP contribution < -0.4 is 0 Å². The SMILES string of the molecule is O=C(c1ccccc1)[C@]1(O)O[C@H](CO)[C@H](O)[C@H](O)[C@H]1O. The van der Waals surface area contributed by atoms with Crippen molar-refractivity contribution in [2.45, 2.75) is 30.2 Å². The quantitative estimate of drug-likeness (QED) is 0.407. The van der Waals surface area contributed by atoms with E-state index in [1.54, 1.807) is 18.2 Å². The summed E-state index contributed by atoms with van der Waals surface area (Å²) < 4.78 is 4.93. The second-order valence-electron chi connectivity index (χ2n) is 4.66. The first kappa shape index (κ1) is 15.0. The van der Waals surface area contributed by atoms with Gasteiger partial charge in [0.1, 0.15) is 24.4 Å². The van der Waals surface area contributed by atoms with Crippen LogP contribution in [0.5, 0.6) is 0 Å². The van der Waals surface area contributed by atoms with Gasteiger partial charge in [0.15, 0.2) is 0 Å². The van der Waals surface area contributed by atoms with E-state index in [0.29, 0.717) is 0 Å². The molecule has 1 saturated heterocycles. The first-order valence-corrected chi connectivity index (χ1v) is 6.07. The Morgan fingerprint density at radius 2 is 1.75 bits per heavy atom. The molecule has 0 radical (unpaired) electrons. The molecule has 1 heterocycles. The Hall–Kier alpha value is -1.35. The number of rotatable bonds is 3. The minimum absolute atomic E-state index is 0.0642. The first-order chi connectivity index (χ1) is 9.41. The van der Waals surface area contributed by atoms with Crippen LogP contribution in [0.4, 0.5) is 0 Å². The lowest BCUT2D eigenvalue weighted by Crippen LogP contribution is -2.68. The van der Waals surface area contributed by atoms with E-state index in [4.69, 9.17) is 9.84 Å². The van der Waals surface area contributed by atoms with Gasteiger partial charge >= 0.3 is 0 Å². The van der Waals surface area contributed by atoms with Gasteiger partial charge in [-0.15, -0.1) is 0 Å². The Bertz CT molecular complexity index is 475. The number of aliphatic hydroxyl groups is 5. The number of benzene rings is 1. The predicted octanol–water partition coefficient (Wildman–Crippen LogP) is -1.97. The first-order valence-electron chi connectivity index (χ1n) is 6.07. The van der Waals surface area contributed by atoms with Crippen molar-refractivity contribution in [2.24, 2.45) is 0 Å². The van der Waals surface area contributed by atoms with Crippen LogP contribution in [0.15, 0.2) is 30.3 Å². The van der Waals surface area contributed by atoms with Crippen molar-refractivity contribution >= 4 is 5.78 Å². The zero-order chi connectivity index (χ0) is 14.9. The van der Waals surface area contributed by atoms with E-state index in [1.165, 1.54) is 12.1 Å². The fourth-order valence-corrected chi connectivity index (χ4v) is 2.14. The summed E-state index contributed by atoms with van der Waals surface area (Å²) in [5, 5.41) is 48.4. The number of aliphatic hydroxyl groups excluding tert-OH is 4. The van der Waals surface area contributed by atoms with Gasteiger partial charge in [0.25, 0.3) is 5.79 Å². The van der Waals surface area contributed by atoms with Crippen LogP contribution in [0.25, 0.3) is 0 Å². The molecule has 1 aliphatic heterocycles. The van der Waals surface area contributed by atoms with Crippen molar-refractivity contribution in [2.75, 3.05) is 6.61 Å². The van der Waals surface area contributed by atoms with Gasteiger partial charge in [-0.2, -0.15) is 0 Å². The number of carbonyl (C=O) groups excluding carboxylic acids is 1. The molecule has 0 saturated carbocycles. The average molecular weight is 284 g/mol. The number of carbonyl (C=O) groups is 1. The summed E-state index contributed by atoms with van der Waals surface area (Å²) >= 11 is 0. The molecule has 5 atom stereocenters. The van der Waals surface area contributed by atoms with Gasteiger partial charge in [0, 0.05) is 5.56 Å². The molecule has 0 spiro atoms. The molecule has 1 aliphatic rings. The van der Waals surface area contributed by atoms with Crippen molar-refractivity contribution in [3.63, 3.8) is 0 Å². The highest BCUT2D eigenvalue weighted by molar-refractivity contribution is 6.01. The molecule has 5 N–H and O–H groups in total.